The third kappa shape index (κ3) is 3.72. The van der Waals surface area contributed by atoms with E-state index in [9.17, 15) is 10.1 Å². The molecule has 1 atom stereocenters. The second-order valence-corrected chi connectivity index (χ2v) is 6.92. The van der Waals surface area contributed by atoms with Crippen LogP contribution in [0.3, 0.4) is 0 Å². The van der Waals surface area contributed by atoms with Crippen molar-refractivity contribution < 1.29 is 4.92 Å². The first-order valence-corrected chi connectivity index (χ1v) is 9.18. The van der Waals surface area contributed by atoms with Crippen LogP contribution in [0.1, 0.15) is 38.2 Å². The van der Waals surface area contributed by atoms with Gasteiger partial charge in [0.15, 0.2) is 0 Å². The number of piperidine rings is 1. The quantitative estimate of drug-likeness (QED) is 0.593. The van der Waals surface area contributed by atoms with Gasteiger partial charge < -0.3 is 10.2 Å². The van der Waals surface area contributed by atoms with Gasteiger partial charge in [-0.05, 0) is 50.3 Å². The summed E-state index contributed by atoms with van der Waals surface area (Å²) in [5.74, 6) is 0.574. The monoisotopic (exact) mass is 375 g/mol. The average Bonchev–Trinajstić information content (AvgIpc) is 2.64. The van der Waals surface area contributed by atoms with Crippen LogP contribution in [0.2, 0.25) is 5.02 Å². The van der Waals surface area contributed by atoms with E-state index in [1.165, 1.54) is 6.33 Å². The van der Waals surface area contributed by atoms with Gasteiger partial charge in [0, 0.05) is 23.3 Å². The maximum absolute atomic E-state index is 11.9. The normalized spacial score (nSPS) is 17.2. The van der Waals surface area contributed by atoms with Gasteiger partial charge in [0.1, 0.15) is 6.33 Å². The summed E-state index contributed by atoms with van der Waals surface area (Å²) in [5, 5.41) is 15.5. The second kappa shape index (κ2) is 7.86. The molecule has 1 N–H and O–H groups in total. The number of benzene rings is 1. The Morgan fingerprint density at radius 3 is 2.92 bits per heavy atom. The van der Waals surface area contributed by atoms with Crippen LogP contribution in [-0.4, -0.2) is 27.5 Å². The molecule has 138 valence electrons. The highest BCUT2D eigenvalue weighted by atomic mass is 35.5. The third-order valence-electron chi connectivity index (χ3n) is 4.81. The van der Waals surface area contributed by atoms with E-state index in [0.29, 0.717) is 16.5 Å². The molecule has 3 rings (SSSR count). The Kier molecular flexibility index (Phi) is 5.56. The first-order chi connectivity index (χ1) is 12.5. The van der Waals surface area contributed by atoms with Gasteiger partial charge in [-0.25, -0.2) is 9.97 Å². The summed E-state index contributed by atoms with van der Waals surface area (Å²) in [7, 11) is 0. The maximum Gasteiger partial charge on any atom is 0.353 e. The lowest BCUT2D eigenvalue weighted by atomic mass is 10.00. The van der Waals surface area contributed by atoms with Crippen molar-refractivity contribution in [3.8, 4) is 0 Å². The van der Waals surface area contributed by atoms with Gasteiger partial charge in [-0.3, -0.25) is 10.1 Å². The summed E-state index contributed by atoms with van der Waals surface area (Å²) in [5.41, 5.74) is 1.52. The Morgan fingerprint density at radius 1 is 1.38 bits per heavy atom. The van der Waals surface area contributed by atoms with Crippen LogP contribution < -0.4 is 10.2 Å². The van der Waals surface area contributed by atoms with E-state index in [2.05, 4.69) is 27.1 Å². The van der Waals surface area contributed by atoms with Crippen molar-refractivity contribution >= 4 is 34.6 Å². The third-order valence-corrected chi connectivity index (χ3v) is 5.04. The van der Waals surface area contributed by atoms with Crippen LogP contribution in [0, 0.1) is 17.0 Å². The summed E-state index contributed by atoms with van der Waals surface area (Å²) in [6, 6.07) is 5.63. The number of nitrogens with zero attached hydrogens (tertiary/aromatic N) is 4. The minimum atomic E-state index is -0.404. The molecule has 1 aromatic carbocycles. The highest BCUT2D eigenvalue weighted by Crippen LogP contribution is 2.37. The zero-order chi connectivity index (χ0) is 18.7. The van der Waals surface area contributed by atoms with E-state index in [0.717, 1.165) is 37.8 Å². The molecular weight excluding hydrogens is 354 g/mol. The summed E-state index contributed by atoms with van der Waals surface area (Å²) in [4.78, 5) is 21.9. The molecule has 1 aromatic heterocycles. The highest BCUT2D eigenvalue weighted by molar-refractivity contribution is 6.30. The minimum absolute atomic E-state index is 0.0905. The van der Waals surface area contributed by atoms with Crippen molar-refractivity contribution in [1.82, 2.24) is 9.97 Å². The largest absolute Gasteiger partial charge is 0.353 e. The molecule has 1 unspecified atom stereocenters. The molecule has 0 bridgehead atoms. The lowest BCUT2D eigenvalue weighted by Crippen LogP contribution is -2.40. The molecule has 0 aliphatic carbocycles. The van der Waals surface area contributed by atoms with Crippen LogP contribution in [0.5, 0.6) is 0 Å². The Balaban J connectivity index is 2.04. The van der Waals surface area contributed by atoms with E-state index in [1.54, 1.807) is 12.1 Å². The van der Waals surface area contributed by atoms with E-state index >= 15 is 0 Å². The molecule has 8 heteroatoms. The number of nitrogens with one attached hydrogen (secondary N) is 1. The molecule has 1 fully saturated rings. The SMILES string of the molecule is CCC1CCCCN1c1ncnc(Nc2cc(Cl)ccc2C)c1[N+](=O)[O-]. The molecule has 2 aromatic rings. The molecule has 0 radical (unpaired) electrons. The van der Waals surface area contributed by atoms with Crippen molar-refractivity contribution in [2.24, 2.45) is 0 Å². The van der Waals surface area contributed by atoms with Crippen molar-refractivity contribution in [1.29, 1.82) is 0 Å². The van der Waals surface area contributed by atoms with E-state index in [-0.39, 0.29) is 17.5 Å². The number of nitro groups is 1. The number of hydrogen-bond acceptors (Lipinski definition) is 6. The van der Waals surface area contributed by atoms with Crippen LogP contribution in [-0.2, 0) is 0 Å². The number of aromatic nitrogens is 2. The summed E-state index contributed by atoms with van der Waals surface area (Å²) in [6.07, 6.45) is 5.48. The number of halogens is 1. The summed E-state index contributed by atoms with van der Waals surface area (Å²) in [6.45, 7) is 4.78. The Hall–Kier alpha value is -2.41. The Morgan fingerprint density at radius 2 is 2.19 bits per heavy atom. The average molecular weight is 376 g/mol. The highest BCUT2D eigenvalue weighted by Gasteiger charge is 2.31. The second-order valence-electron chi connectivity index (χ2n) is 6.49. The zero-order valence-electron chi connectivity index (χ0n) is 14.9. The molecule has 1 saturated heterocycles. The first-order valence-electron chi connectivity index (χ1n) is 8.80. The minimum Gasteiger partial charge on any atom is -0.348 e. The molecular formula is C18H22ClN5O2. The van der Waals surface area contributed by atoms with Crippen LogP contribution >= 0.6 is 11.6 Å². The number of aryl methyl sites for hydroxylation is 1. The Labute approximate surface area is 157 Å². The van der Waals surface area contributed by atoms with Crippen molar-refractivity contribution in [2.45, 2.75) is 45.6 Å². The standard InChI is InChI=1S/C18H22ClN5O2/c1-3-14-6-4-5-9-23(14)18-16(24(25)26)17(20-11-21-18)22-15-10-13(19)8-7-12(15)2/h7-8,10-11,14H,3-6,9H2,1-2H3,(H,20,21,22). The summed E-state index contributed by atoms with van der Waals surface area (Å²) < 4.78 is 0. The fourth-order valence-corrected chi connectivity index (χ4v) is 3.57. The predicted molar refractivity (Wildman–Crippen MR) is 103 cm³/mol. The molecule has 0 spiro atoms. The van der Waals surface area contributed by atoms with Gasteiger partial charge in [-0.1, -0.05) is 24.6 Å². The lowest BCUT2D eigenvalue weighted by Gasteiger charge is -2.35. The van der Waals surface area contributed by atoms with Gasteiger partial charge in [-0.2, -0.15) is 0 Å². The number of hydrogen-bond donors (Lipinski definition) is 1. The summed E-state index contributed by atoms with van der Waals surface area (Å²) >= 11 is 6.06. The van der Waals surface area contributed by atoms with Gasteiger partial charge in [-0.15, -0.1) is 0 Å². The van der Waals surface area contributed by atoms with E-state index in [4.69, 9.17) is 11.6 Å². The lowest BCUT2D eigenvalue weighted by molar-refractivity contribution is -0.383. The van der Waals surface area contributed by atoms with Crippen LogP contribution in [0.15, 0.2) is 24.5 Å². The van der Waals surface area contributed by atoms with Crippen LogP contribution in [0.25, 0.3) is 0 Å². The fourth-order valence-electron chi connectivity index (χ4n) is 3.40. The number of rotatable bonds is 5. The van der Waals surface area contributed by atoms with Gasteiger partial charge in [0.05, 0.1) is 4.92 Å². The van der Waals surface area contributed by atoms with E-state index < -0.39 is 4.92 Å². The fraction of sp³-hybridized carbons (Fsp3) is 0.444. The molecule has 1 aliphatic rings. The smallest absolute Gasteiger partial charge is 0.348 e. The van der Waals surface area contributed by atoms with Crippen molar-refractivity contribution in [2.75, 3.05) is 16.8 Å². The van der Waals surface area contributed by atoms with Crippen molar-refractivity contribution in [3.63, 3.8) is 0 Å². The molecule has 7 nitrogen and oxygen atoms in total. The molecule has 0 amide bonds. The van der Waals surface area contributed by atoms with Gasteiger partial charge in [0.2, 0.25) is 11.6 Å². The predicted octanol–water partition coefficient (Wildman–Crippen LogP) is 4.86. The van der Waals surface area contributed by atoms with Crippen LogP contribution in [0.4, 0.5) is 23.0 Å². The molecule has 2 heterocycles. The molecule has 1 aliphatic heterocycles. The van der Waals surface area contributed by atoms with Gasteiger partial charge in [0.25, 0.3) is 0 Å². The zero-order valence-corrected chi connectivity index (χ0v) is 15.7. The maximum atomic E-state index is 11.9. The van der Waals surface area contributed by atoms with Crippen molar-refractivity contribution in [3.05, 3.63) is 45.2 Å². The topological polar surface area (TPSA) is 84.2 Å². The molecule has 26 heavy (non-hydrogen) atoms. The Bertz CT molecular complexity index is 814. The van der Waals surface area contributed by atoms with E-state index in [1.807, 2.05) is 13.0 Å². The van der Waals surface area contributed by atoms with Gasteiger partial charge >= 0.3 is 5.69 Å². The number of anilines is 3. The first kappa shape index (κ1) is 18.4. The molecule has 0 saturated carbocycles.